The largest absolute Gasteiger partial charge is 0.450 e. The van der Waals surface area contributed by atoms with Crippen LogP contribution < -0.4 is 10.2 Å². The second-order valence-corrected chi connectivity index (χ2v) is 6.53. The summed E-state index contributed by atoms with van der Waals surface area (Å²) in [5.41, 5.74) is 0.716. The topological polar surface area (TPSA) is 70.6 Å². The number of rotatable bonds is 4. The van der Waals surface area contributed by atoms with Crippen LogP contribution in [-0.2, 0) is 4.74 Å². The summed E-state index contributed by atoms with van der Waals surface area (Å²) in [4.78, 5) is 24.2. The molecule has 1 aromatic heterocycles. The van der Waals surface area contributed by atoms with Gasteiger partial charge in [0.2, 0.25) is 0 Å². The Morgan fingerprint density at radius 1 is 1.19 bits per heavy atom. The Bertz CT molecular complexity index is 781. The number of benzene rings is 1. The van der Waals surface area contributed by atoms with E-state index in [-0.39, 0.29) is 6.09 Å². The van der Waals surface area contributed by atoms with E-state index in [2.05, 4.69) is 20.2 Å². The van der Waals surface area contributed by atoms with Crippen LogP contribution in [0.15, 0.2) is 30.6 Å². The molecule has 3 rings (SSSR count). The molecule has 0 saturated carbocycles. The zero-order valence-corrected chi connectivity index (χ0v) is 15.8. The molecule has 2 aromatic rings. The Balaban J connectivity index is 1.65. The minimum atomic E-state index is -0.269. The highest BCUT2D eigenvalue weighted by atomic mass is 35.5. The molecule has 1 aromatic carbocycles. The van der Waals surface area contributed by atoms with Gasteiger partial charge >= 0.3 is 6.09 Å². The number of halogens is 2. The Morgan fingerprint density at radius 3 is 2.65 bits per heavy atom. The van der Waals surface area contributed by atoms with Crippen molar-refractivity contribution in [1.29, 1.82) is 0 Å². The summed E-state index contributed by atoms with van der Waals surface area (Å²) < 4.78 is 5.04. The first-order valence-corrected chi connectivity index (χ1v) is 9.03. The highest BCUT2D eigenvalue weighted by Crippen LogP contribution is 2.28. The van der Waals surface area contributed by atoms with Crippen molar-refractivity contribution in [1.82, 2.24) is 14.9 Å². The predicted molar refractivity (Wildman–Crippen MR) is 103 cm³/mol. The smallest absolute Gasteiger partial charge is 0.409 e. The van der Waals surface area contributed by atoms with Gasteiger partial charge in [-0.25, -0.2) is 14.8 Å². The van der Waals surface area contributed by atoms with Crippen LogP contribution in [0.1, 0.15) is 6.92 Å². The highest BCUT2D eigenvalue weighted by Gasteiger charge is 2.22. The first-order valence-electron chi connectivity index (χ1n) is 8.27. The van der Waals surface area contributed by atoms with Gasteiger partial charge in [0.1, 0.15) is 18.0 Å². The van der Waals surface area contributed by atoms with E-state index in [9.17, 15) is 4.79 Å². The maximum absolute atomic E-state index is 11.8. The molecule has 1 saturated heterocycles. The Labute approximate surface area is 161 Å². The third-order valence-corrected chi connectivity index (χ3v) is 4.52. The maximum Gasteiger partial charge on any atom is 0.409 e. The van der Waals surface area contributed by atoms with E-state index in [1.54, 1.807) is 30.0 Å². The van der Waals surface area contributed by atoms with E-state index in [4.69, 9.17) is 27.9 Å². The molecule has 9 heteroatoms. The molecule has 0 unspecified atom stereocenters. The summed E-state index contributed by atoms with van der Waals surface area (Å²) in [5.74, 6) is 1.42. The number of carbonyl (C=O) groups excluding carboxylic acids is 1. The summed E-state index contributed by atoms with van der Waals surface area (Å²) in [5, 5.41) is 4.26. The second kappa shape index (κ2) is 8.42. The Hall–Kier alpha value is -2.25. The number of hydrogen-bond acceptors (Lipinski definition) is 6. The van der Waals surface area contributed by atoms with Crippen LogP contribution in [-0.4, -0.2) is 53.7 Å². The number of carbonyl (C=O) groups is 1. The van der Waals surface area contributed by atoms with Crippen LogP contribution in [0.3, 0.4) is 0 Å². The van der Waals surface area contributed by atoms with Gasteiger partial charge in [-0.1, -0.05) is 23.2 Å². The molecule has 1 fully saturated rings. The Kier molecular flexibility index (Phi) is 6.00. The molecule has 26 heavy (non-hydrogen) atoms. The van der Waals surface area contributed by atoms with Crippen molar-refractivity contribution in [3.05, 3.63) is 40.6 Å². The van der Waals surface area contributed by atoms with Gasteiger partial charge < -0.3 is 19.9 Å². The van der Waals surface area contributed by atoms with Crippen LogP contribution in [0.2, 0.25) is 10.0 Å². The minimum absolute atomic E-state index is 0.269. The molecule has 0 radical (unpaired) electrons. The Morgan fingerprint density at radius 2 is 1.96 bits per heavy atom. The standard InChI is InChI=1S/C17H19Cl2N5O2/c1-2-26-17(25)24-7-5-23(6-8-24)16-10-15(20-11-21-16)22-14-4-3-12(18)9-13(14)19/h3-4,9-11H,2,5-8H2,1H3,(H,20,21,22). The minimum Gasteiger partial charge on any atom is -0.450 e. The second-order valence-electron chi connectivity index (χ2n) is 5.68. The van der Waals surface area contributed by atoms with Gasteiger partial charge in [0.05, 0.1) is 17.3 Å². The maximum atomic E-state index is 11.8. The highest BCUT2D eigenvalue weighted by molar-refractivity contribution is 6.36. The lowest BCUT2D eigenvalue weighted by Crippen LogP contribution is -2.49. The van der Waals surface area contributed by atoms with E-state index in [1.807, 2.05) is 6.07 Å². The third kappa shape index (κ3) is 4.47. The van der Waals surface area contributed by atoms with Crippen LogP contribution in [0.5, 0.6) is 0 Å². The summed E-state index contributed by atoms with van der Waals surface area (Å²) in [6.07, 6.45) is 1.23. The molecular weight excluding hydrogens is 377 g/mol. The summed E-state index contributed by atoms with van der Waals surface area (Å²) in [6, 6.07) is 7.07. The molecule has 0 aliphatic carbocycles. The monoisotopic (exact) mass is 395 g/mol. The van der Waals surface area contributed by atoms with E-state index >= 15 is 0 Å². The van der Waals surface area contributed by atoms with Gasteiger partial charge in [0.15, 0.2) is 0 Å². The molecule has 2 heterocycles. The van der Waals surface area contributed by atoms with Crippen molar-refractivity contribution >= 4 is 46.6 Å². The van der Waals surface area contributed by atoms with Gasteiger partial charge in [-0.15, -0.1) is 0 Å². The fourth-order valence-electron chi connectivity index (χ4n) is 2.65. The molecule has 1 amide bonds. The molecule has 0 atom stereocenters. The van der Waals surface area contributed by atoms with Crippen molar-refractivity contribution in [3.8, 4) is 0 Å². The quantitative estimate of drug-likeness (QED) is 0.848. The number of hydrogen-bond donors (Lipinski definition) is 1. The number of nitrogens with one attached hydrogen (secondary N) is 1. The number of amides is 1. The average molecular weight is 396 g/mol. The fourth-order valence-corrected chi connectivity index (χ4v) is 3.11. The predicted octanol–water partition coefficient (Wildman–Crippen LogP) is 3.81. The van der Waals surface area contributed by atoms with E-state index in [0.717, 1.165) is 5.82 Å². The molecule has 0 bridgehead atoms. The number of piperazine rings is 1. The van der Waals surface area contributed by atoms with Gasteiger partial charge in [0.25, 0.3) is 0 Å². The molecule has 1 aliphatic heterocycles. The average Bonchev–Trinajstić information content (AvgIpc) is 2.65. The number of aromatic nitrogens is 2. The molecule has 138 valence electrons. The van der Waals surface area contributed by atoms with E-state index in [0.29, 0.717) is 54.3 Å². The fraction of sp³-hybridized carbons (Fsp3) is 0.353. The summed E-state index contributed by atoms with van der Waals surface area (Å²) >= 11 is 12.1. The van der Waals surface area contributed by atoms with Crippen molar-refractivity contribution < 1.29 is 9.53 Å². The first-order chi connectivity index (χ1) is 12.6. The zero-order chi connectivity index (χ0) is 18.5. The van der Waals surface area contributed by atoms with Crippen LogP contribution >= 0.6 is 23.2 Å². The molecular formula is C17H19Cl2N5O2. The zero-order valence-electron chi connectivity index (χ0n) is 14.3. The van der Waals surface area contributed by atoms with Crippen molar-refractivity contribution in [2.24, 2.45) is 0 Å². The molecule has 1 aliphatic rings. The van der Waals surface area contributed by atoms with E-state index in [1.165, 1.54) is 6.33 Å². The molecule has 1 N–H and O–H groups in total. The molecule has 7 nitrogen and oxygen atoms in total. The first kappa shape index (κ1) is 18.5. The van der Waals surface area contributed by atoms with Gasteiger partial charge in [-0.2, -0.15) is 0 Å². The lowest BCUT2D eigenvalue weighted by atomic mass is 10.3. The molecule has 0 spiro atoms. The van der Waals surface area contributed by atoms with Crippen molar-refractivity contribution in [2.75, 3.05) is 43.0 Å². The number of anilines is 3. The van der Waals surface area contributed by atoms with Crippen LogP contribution in [0.25, 0.3) is 0 Å². The van der Waals surface area contributed by atoms with Gasteiger partial charge in [0, 0.05) is 37.3 Å². The normalized spacial score (nSPS) is 14.3. The third-order valence-electron chi connectivity index (χ3n) is 3.98. The van der Waals surface area contributed by atoms with Gasteiger partial charge in [-0.3, -0.25) is 0 Å². The van der Waals surface area contributed by atoms with Crippen molar-refractivity contribution in [2.45, 2.75) is 6.92 Å². The lowest BCUT2D eigenvalue weighted by Gasteiger charge is -2.34. The summed E-state index contributed by atoms with van der Waals surface area (Å²) in [7, 11) is 0. The van der Waals surface area contributed by atoms with Crippen LogP contribution in [0, 0.1) is 0 Å². The summed E-state index contributed by atoms with van der Waals surface area (Å²) in [6.45, 7) is 4.72. The van der Waals surface area contributed by atoms with Crippen LogP contribution in [0.4, 0.5) is 22.1 Å². The van der Waals surface area contributed by atoms with E-state index < -0.39 is 0 Å². The van der Waals surface area contributed by atoms with Gasteiger partial charge in [-0.05, 0) is 25.1 Å². The van der Waals surface area contributed by atoms with Crippen molar-refractivity contribution in [3.63, 3.8) is 0 Å². The SMILES string of the molecule is CCOC(=O)N1CCN(c2cc(Nc3ccc(Cl)cc3Cl)ncn2)CC1. The number of ether oxygens (including phenoxy) is 1. The lowest BCUT2D eigenvalue weighted by molar-refractivity contribution is 0.105. The number of nitrogens with zero attached hydrogens (tertiary/aromatic N) is 4.